The number of hydrogen-bond donors (Lipinski definition) is 0. The minimum Gasteiger partial charge on any atom is -1.00 e. The van der Waals surface area contributed by atoms with Gasteiger partial charge in [0.25, 0.3) is 0 Å². The van der Waals surface area contributed by atoms with Crippen molar-refractivity contribution >= 4 is 17.3 Å². The Labute approximate surface area is 240 Å². The highest BCUT2D eigenvalue weighted by Crippen LogP contribution is 2.25. The van der Waals surface area contributed by atoms with E-state index in [0.29, 0.717) is 0 Å². The van der Waals surface area contributed by atoms with Gasteiger partial charge in [-0.1, -0.05) is 114 Å². The van der Waals surface area contributed by atoms with Gasteiger partial charge in [0, 0.05) is 0 Å². The van der Waals surface area contributed by atoms with E-state index in [4.69, 9.17) is 0 Å². The number of unbranched alkanes of at least 4 members (excludes halogenated alkanes) is 8. The molecule has 2 aromatic rings. The molecule has 0 spiro atoms. The van der Waals surface area contributed by atoms with Crippen LogP contribution in [0, 0.1) is 13.8 Å². The second kappa shape index (κ2) is 20.5. The van der Waals surface area contributed by atoms with Gasteiger partial charge in [0.05, 0.1) is 26.2 Å². The van der Waals surface area contributed by atoms with Crippen LogP contribution in [0.5, 0.6) is 0 Å². The number of hydrogen-bond acceptors (Lipinski definition) is 0. The van der Waals surface area contributed by atoms with Crippen molar-refractivity contribution in [3.63, 3.8) is 0 Å². The molecule has 3 nitrogen and oxygen atoms in total. The van der Waals surface area contributed by atoms with E-state index in [0.717, 1.165) is 26.2 Å². The first-order valence-electron chi connectivity index (χ1n) is 15.9. The van der Waals surface area contributed by atoms with Crippen LogP contribution in [0.4, 0.5) is 11.4 Å². The van der Waals surface area contributed by atoms with E-state index in [9.17, 15) is 0 Å². The summed E-state index contributed by atoms with van der Waals surface area (Å²) in [5, 5.41) is 0. The lowest BCUT2D eigenvalue weighted by molar-refractivity contribution is -0.00000846. The molecule has 0 radical (unpaired) electrons. The second-order valence-corrected chi connectivity index (χ2v) is 11.1. The molecule has 0 bridgehead atoms. The maximum absolute atomic E-state index is 2.75. The number of aryl methyl sites for hydroxylation is 2. The maximum Gasteiger partial charge on any atom is 0.360 e. The molecule has 0 aromatic heterocycles. The summed E-state index contributed by atoms with van der Waals surface area (Å²) in [5.41, 5.74) is 5.15. The first kappa shape index (κ1) is 34.7. The van der Waals surface area contributed by atoms with Crippen LogP contribution in [0.2, 0.25) is 0 Å². The monoisotopic (exact) mass is 539 g/mol. The van der Waals surface area contributed by atoms with Gasteiger partial charge >= 0.3 is 5.96 Å². The van der Waals surface area contributed by atoms with Crippen molar-refractivity contribution in [3.8, 4) is 0 Å². The van der Waals surface area contributed by atoms with Crippen molar-refractivity contribution in [1.82, 2.24) is 14.4 Å². The zero-order valence-corrected chi connectivity index (χ0v) is 26.2. The fourth-order valence-electron chi connectivity index (χ4n) is 5.08. The van der Waals surface area contributed by atoms with Crippen molar-refractivity contribution in [2.45, 2.75) is 119 Å². The molecular formula is C35H58FN3. The summed E-state index contributed by atoms with van der Waals surface area (Å²) in [5.74, 6) is 1.40. The highest BCUT2D eigenvalue weighted by Gasteiger charge is 2.31. The standard InChI is InChI=1S/C35H58N3.FH/c1-7-11-15-27-36(28-16-12-8-2)35(37(29-17-13-9-3)30-18-14-10-4)38(33-23-19-31(5)20-24-33)34-25-21-32(6)22-26-34;/h19-26H,7-18,27-30H2,1-6H3;1H/q+1;/p-1. The van der Waals surface area contributed by atoms with Gasteiger partial charge in [0.1, 0.15) is 11.4 Å². The van der Waals surface area contributed by atoms with E-state index in [-0.39, 0.29) is 4.70 Å². The van der Waals surface area contributed by atoms with Crippen molar-refractivity contribution in [2.75, 3.05) is 26.2 Å². The minimum absolute atomic E-state index is 0. The summed E-state index contributed by atoms with van der Waals surface area (Å²) >= 11 is 0. The molecule has 0 saturated heterocycles. The molecule has 0 fully saturated rings. The smallest absolute Gasteiger partial charge is 0.360 e. The van der Waals surface area contributed by atoms with Gasteiger partial charge < -0.3 is 4.70 Å². The fourth-order valence-corrected chi connectivity index (χ4v) is 5.08. The van der Waals surface area contributed by atoms with Crippen LogP contribution in [0.15, 0.2) is 48.5 Å². The van der Waals surface area contributed by atoms with Crippen LogP contribution in [-0.2, 0) is 0 Å². The fraction of sp³-hybridized carbons (Fsp3) is 0.629. The average molecular weight is 540 g/mol. The second-order valence-electron chi connectivity index (χ2n) is 11.1. The number of halogens is 1. The Balaban J connectivity index is 0.00000760. The third kappa shape index (κ3) is 12.1. The van der Waals surface area contributed by atoms with E-state index in [1.807, 2.05) is 0 Å². The molecule has 2 rings (SSSR count). The summed E-state index contributed by atoms with van der Waals surface area (Å²) in [6.45, 7) is 18.1. The average Bonchev–Trinajstić information content (AvgIpc) is 2.92. The predicted octanol–water partition coefficient (Wildman–Crippen LogP) is 6.86. The lowest BCUT2D eigenvalue weighted by Crippen LogP contribution is -3.00. The molecule has 0 aliphatic rings. The molecule has 0 aliphatic carbocycles. The highest BCUT2D eigenvalue weighted by molar-refractivity contribution is 5.87. The topological polar surface area (TPSA) is 9.49 Å². The number of guanidine groups is 1. The number of rotatable bonds is 18. The molecule has 0 saturated carbocycles. The van der Waals surface area contributed by atoms with Crippen LogP contribution in [0.25, 0.3) is 0 Å². The maximum atomic E-state index is 2.75. The van der Waals surface area contributed by atoms with Crippen LogP contribution < -0.4 is 9.28 Å². The molecule has 220 valence electrons. The largest absolute Gasteiger partial charge is 1.00 e. The molecule has 0 atom stereocenters. The van der Waals surface area contributed by atoms with Crippen molar-refractivity contribution < 1.29 is 4.70 Å². The lowest BCUT2D eigenvalue weighted by atomic mass is 10.1. The van der Waals surface area contributed by atoms with Gasteiger partial charge in [-0.25, -0.2) is 0 Å². The van der Waals surface area contributed by atoms with E-state index >= 15 is 0 Å². The first-order chi connectivity index (χ1) is 18.5. The lowest BCUT2D eigenvalue weighted by Gasteiger charge is -2.31. The van der Waals surface area contributed by atoms with Crippen molar-refractivity contribution in [2.24, 2.45) is 0 Å². The van der Waals surface area contributed by atoms with Gasteiger partial charge in [-0.15, -0.1) is 0 Å². The first-order valence-corrected chi connectivity index (χ1v) is 15.9. The normalized spacial score (nSPS) is 10.7. The van der Waals surface area contributed by atoms with Crippen molar-refractivity contribution in [1.29, 1.82) is 0 Å². The molecular weight excluding hydrogens is 481 g/mol. The van der Waals surface area contributed by atoms with E-state index in [1.165, 1.54) is 106 Å². The Kier molecular flexibility index (Phi) is 18.2. The Bertz CT molecular complexity index is 811. The minimum atomic E-state index is 0. The molecule has 0 aliphatic heterocycles. The summed E-state index contributed by atoms with van der Waals surface area (Å²) in [4.78, 5) is 5.51. The van der Waals surface area contributed by atoms with Crippen LogP contribution >= 0.6 is 0 Å². The Morgan fingerprint density at radius 1 is 0.487 bits per heavy atom. The summed E-state index contributed by atoms with van der Waals surface area (Å²) in [6.07, 6.45) is 15.2. The third-order valence-electron chi connectivity index (χ3n) is 7.48. The molecule has 39 heavy (non-hydrogen) atoms. The predicted molar refractivity (Wildman–Crippen MR) is 170 cm³/mol. The number of benzene rings is 2. The SMILES string of the molecule is CCCCCN(CCCCC)C(N(CCCCC)CCCCC)=[N+](c1ccc(C)cc1)c1ccc(C)cc1.[F-]. The number of nitrogens with zero attached hydrogens (tertiary/aromatic N) is 3. The molecule has 0 N–H and O–H groups in total. The van der Waals surface area contributed by atoms with E-state index < -0.39 is 0 Å². The molecule has 0 heterocycles. The Morgan fingerprint density at radius 3 is 1.03 bits per heavy atom. The van der Waals surface area contributed by atoms with Gasteiger partial charge in [0.15, 0.2) is 0 Å². The van der Waals surface area contributed by atoms with Crippen LogP contribution in [0.1, 0.15) is 116 Å². The summed E-state index contributed by atoms with van der Waals surface area (Å²) < 4.78 is 2.58. The van der Waals surface area contributed by atoms with Gasteiger partial charge in [-0.2, -0.15) is 4.58 Å². The van der Waals surface area contributed by atoms with Crippen molar-refractivity contribution in [3.05, 3.63) is 59.7 Å². The third-order valence-corrected chi connectivity index (χ3v) is 7.48. The van der Waals surface area contributed by atoms with Gasteiger partial charge in [-0.05, 0) is 63.8 Å². The van der Waals surface area contributed by atoms with E-state index in [1.54, 1.807) is 0 Å². The quantitative estimate of drug-likeness (QED) is 0.0886. The Hall–Kier alpha value is -2.36. The van der Waals surface area contributed by atoms with E-state index in [2.05, 4.69) is 104 Å². The summed E-state index contributed by atoms with van der Waals surface area (Å²) in [6, 6.07) is 18.4. The molecule has 4 heteroatoms. The zero-order chi connectivity index (χ0) is 27.6. The Morgan fingerprint density at radius 2 is 0.769 bits per heavy atom. The van der Waals surface area contributed by atoms with Gasteiger partial charge in [0.2, 0.25) is 0 Å². The van der Waals surface area contributed by atoms with Gasteiger partial charge in [-0.3, -0.25) is 9.80 Å². The molecule has 2 aromatic carbocycles. The zero-order valence-electron chi connectivity index (χ0n) is 26.2. The summed E-state index contributed by atoms with van der Waals surface area (Å²) in [7, 11) is 0. The molecule has 0 unspecified atom stereocenters. The van der Waals surface area contributed by atoms with Crippen LogP contribution in [-0.4, -0.2) is 41.9 Å². The van der Waals surface area contributed by atoms with Crippen LogP contribution in [0.3, 0.4) is 0 Å². The molecule has 0 amide bonds. The highest BCUT2D eigenvalue weighted by atomic mass is 19.0.